The minimum Gasteiger partial charge on any atom is -0.321 e. The minimum atomic E-state index is -0.393. The molecule has 25 heavy (non-hydrogen) atoms. The molecule has 2 aromatic rings. The quantitative estimate of drug-likeness (QED) is 0.624. The topological polar surface area (TPSA) is 52.9 Å². The molecule has 0 bridgehead atoms. The Morgan fingerprint density at radius 1 is 1.08 bits per heavy atom. The number of nitrogens with zero attached hydrogens (tertiary/aromatic N) is 1. The summed E-state index contributed by atoms with van der Waals surface area (Å²) in [4.78, 5) is 12.4. The van der Waals surface area contributed by atoms with E-state index in [1.807, 2.05) is 62.4 Å². The van der Waals surface area contributed by atoms with E-state index < -0.39 is 5.91 Å². The Morgan fingerprint density at radius 3 is 2.28 bits per heavy atom. The number of anilines is 1. The molecule has 0 atom stereocenters. The molecule has 0 saturated heterocycles. The lowest BCUT2D eigenvalue weighted by Gasteiger charge is -2.18. The molecule has 0 saturated carbocycles. The molecule has 0 spiro atoms. The monoisotopic (exact) mass is 332 g/mol. The highest BCUT2D eigenvalue weighted by molar-refractivity contribution is 6.10. The van der Waals surface area contributed by atoms with Gasteiger partial charge >= 0.3 is 0 Å². The average molecular weight is 332 g/mol. The third-order valence-electron chi connectivity index (χ3n) is 4.09. The molecule has 0 radical (unpaired) electrons. The molecule has 1 amide bonds. The molecular formula is C22H24N2O. The van der Waals surface area contributed by atoms with Crippen molar-refractivity contribution in [2.75, 3.05) is 5.32 Å². The zero-order valence-electron chi connectivity index (χ0n) is 15.5. The zero-order valence-corrected chi connectivity index (χ0v) is 15.5. The van der Waals surface area contributed by atoms with Crippen LogP contribution >= 0.6 is 0 Å². The Labute approximate surface area is 150 Å². The van der Waals surface area contributed by atoms with Gasteiger partial charge in [0.2, 0.25) is 0 Å². The first kappa shape index (κ1) is 18.5. The van der Waals surface area contributed by atoms with Gasteiger partial charge in [-0.2, -0.15) is 5.26 Å². The highest BCUT2D eigenvalue weighted by Crippen LogP contribution is 2.23. The second kappa shape index (κ2) is 7.36. The van der Waals surface area contributed by atoms with Crippen LogP contribution in [0.4, 0.5) is 5.69 Å². The number of aryl methyl sites for hydroxylation is 2. The summed E-state index contributed by atoms with van der Waals surface area (Å²) in [6, 6.07) is 15.8. The number of carbonyl (C=O) groups excluding carboxylic acids is 1. The fourth-order valence-electron chi connectivity index (χ4n) is 2.45. The van der Waals surface area contributed by atoms with Crippen LogP contribution in [0.25, 0.3) is 6.08 Å². The predicted molar refractivity (Wildman–Crippen MR) is 103 cm³/mol. The van der Waals surface area contributed by atoms with Crippen molar-refractivity contribution in [2.24, 2.45) is 0 Å². The van der Waals surface area contributed by atoms with Gasteiger partial charge in [0.1, 0.15) is 11.6 Å². The Balaban J connectivity index is 2.23. The number of nitriles is 1. The summed E-state index contributed by atoms with van der Waals surface area (Å²) in [5, 5.41) is 12.2. The smallest absolute Gasteiger partial charge is 0.266 e. The van der Waals surface area contributed by atoms with E-state index in [0.717, 1.165) is 22.4 Å². The van der Waals surface area contributed by atoms with Gasteiger partial charge in [-0.1, -0.05) is 57.2 Å². The number of carbonyl (C=O) groups is 1. The standard InChI is InChI=1S/C22H24N2O/c1-15-6-7-16(2)20(12-15)24-21(25)18(14-23)13-17-8-10-19(11-9-17)22(3,4)5/h6-13H,1-5H3,(H,24,25)/b18-13+. The number of rotatable bonds is 3. The number of amides is 1. The largest absolute Gasteiger partial charge is 0.321 e. The van der Waals surface area contributed by atoms with E-state index in [1.165, 1.54) is 5.56 Å². The van der Waals surface area contributed by atoms with Crippen LogP contribution in [0.3, 0.4) is 0 Å². The molecule has 2 aromatic carbocycles. The molecule has 0 heterocycles. The predicted octanol–water partition coefficient (Wildman–Crippen LogP) is 5.15. The van der Waals surface area contributed by atoms with Gasteiger partial charge in [-0.15, -0.1) is 0 Å². The molecule has 2 rings (SSSR count). The molecule has 0 aliphatic heterocycles. The van der Waals surface area contributed by atoms with Crippen LogP contribution in [-0.2, 0) is 10.2 Å². The van der Waals surface area contributed by atoms with Crippen LogP contribution in [0, 0.1) is 25.2 Å². The summed E-state index contributed by atoms with van der Waals surface area (Å²) < 4.78 is 0. The van der Waals surface area contributed by atoms with Gasteiger partial charge in [-0.25, -0.2) is 0 Å². The van der Waals surface area contributed by atoms with Crippen LogP contribution in [0.2, 0.25) is 0 Å². The van der Waals surface area contributed by atoms with Gasteiger partial charge in [0.15, 0.2) is 0 Å². The molecule has 0 aliphatic rings. The molecular weight excluding hydrogens is 308 g/mol. The highest BCUT2D eigenvalue weighted by atomic mass is 16.1. The Morgan fingerprint density at radius 2 is 1.72 bits per heavy atom. The van der Waals surface area contributed by atoms with Gasteiger partial charge < -0.3 is 5.32 Å². The van der Waals surface area contributed by atoms with E-state index in [4.69, 9.17) is 0 Å². The van der Waals surface area contributed by atoms with Crippen molar-refractivity contribution in [3.63, 3.8) is 0 Å². The van der Waals surface area contributed by atoms with Crippen molar-refractivity contribution in [3.05, 3.63) is 70.3 Å². The second-order valence-corrected chi connectivity index (χ2v) is 7.31. The third-order valence-corrected chi connectivity index (χ3v) is 4.09. The number of nitrogens with one attached hydrogen (secondary N) is 1. The van der Waals surface area contributed by atoms with Crippen LogP contribution in [-0.4, -0.2) is 5.91 Å². The van der Waals surface area contributed by atoms with E-state index in [-0.39, 0.29) is 11.0 Å². The van der Waals surface area contributed by atoms with Gasteiger partial charge in [0.05, 0.1) is 0 Å². The first-order valence-corrected chi connectivity index (χ1v) is 8.31. The molecule has 3 nitrogen and oxygen atoms in total. The van der Waals surface area contributed by atoms with Crippen LogP contribution in [0.1, 0.15) is 43.0 Å². The lowest BCUT2D eigenvalue weighted by Crippen LogP contribution is -2.14. The fraction of sp³-hybridized carbons (Fsp3) is 0.273. The van der Waals surface area contributed by atoms with Crippen molar-refractivity contribution in [1.29, 1.82) is 5.26 Å². The minimum absolute atomic E-state index is 0.0698. The summed E-state index contributed by atoms with van der Waals surface area (Å²) in [6.45, 7) is 10.3. The van der Waals surface area contributed by atoms with Crippen molar-refractivity contribution in [3.8, 4) is 6.07 Å². The molecule has 1 N–H and O–H groups in total. The van der Waals surface area contributed by atoms with Crippen LogP contribution in [0.5, 0.6) is 0 Å². The van der Waals surface area contributed by atoms with Crippen molar-refractivity contribution >= 4 is 17.7 Å². The fourth-order valence-corrected chi connectivity index (χ4v) is 2.45. The number of hydrogen-bond donors (Lipinski definition) is 1. The first-order valence-electron chi connectivity index (χ1n) is 8.31. The first-order chi connectivity index (χ1) is 11.7. The summed E-state index contributed by atoms with van der Waals surface area (Å²) in [7, 11) is 0. The maximum atomic E-state index is 12.4. The van der Waals surface area contributed by atoms with Crippen molar-refractivity contribution in [1.82, 2.24) is 0 Å². The van der Waals surface area contributed by atoms with Crippen LogP contribution in [0.15, 0.2) is 48.0 Å². The summed E-state index contributed by atoms with van der Waals surface area (Å²) in [6.07, 6.45) is 1.62. The highest BCUT2D eigenvalue weighted by Gasteiger charge is 2.14. The molecule has 0 unspecified atom stereocenters. The lowest BCUT2D eigenvalue weighted by molar-refractivity contribution is -0.112. The number of hydrogen-bond acceptors (Lipinski definition) is 2. The normalized spacial score (nSPS) is 11.8. The summed E-state index contributed by atoms with van der Waals surface area (Å²) in [5.41, 5.74) is 4.95. The number of benzene rings is 2. The van der Waals surface area contributed by atoms with E-state index >= 15 is 0 Å². The third kappa shape index (κ3) is 4.81. The zero-order chi connectivity index (χ0) is 18.6. The van der Waals surface area contributed by atoms with E-state index in [1.54, 1.807) is 6.08 Å². The Hall–Kier alpha value is -2.86. The van der Waals surface area contributed by atoms with E-state index in [0.29, 0.717) is 0 Å². The molecule has 128 valence electrons. The SMILES string of the molecule is Cc1ccc(C)c(NC(=O)/C(C#N)=C/c2ccc(C(C)(C)C)cc2)c1. The molecule has 0 fully saturated rings. The van der Waals surface area contributed by atoms with Crippen molar-refractivity contribution in [2.45, 2.75) is 40.0 Å². The van der Waals surface area contributed by atoms with E-state index in [9.17, 15) is 10.1 Å². The molecule has 0 aliphatic carbocycles. The Kier molecular flexibility index (Phi) is 5.44. The van der Waals surface area contributed by atoms with Gasteiger partial charge in [0.25, 0.3) is 5.91 Å². The van der Waals surface area contributed by atoms with Crippen molar-refractivity contribution < 1.29 is 4.79 Å². The second-order valence-electron chi connectivity index (χ2n) is 7.31. The van der Waals surface area contributed by atoms with Gasteiger partial charge in [-0.3, -0.25) is 4.79 Å². The molecule has 0 aromatic heterocycles. The molecule has 3 heteroatoms. The summed E-state index contributed by atoms with van der Waals surface area (Å²) >= 11 is 0. The Bertz CT molecular complexity index is 847. The lowest BCUT2D eigenvalue weighted by atomic mass is 9.86. The van der Waals surface area contributed by atoms with Gasteiger partial charge in [0, 0.05) is 5.69 Å². The van der Waals surface area contributed by atoms with Gasteiger partial charge in [-0.05, 0) is 53.7 Å². The van der Waals surface area contributed by atoms with E-state index in [2.05, 4.69) is 26.1 Å². The average Bonchev–Trinajstić information content (AvgIpc) is 2.55. The maximum Gasteiger partial charge on any atom is 0.266 e. The van der Waals surface area contributed by atoms with Crippen LogP contribution < -0.4 is 5.32 Å². The maximum absolute atomic E-state index is 12.4. The summed E-state index contributed by atoms with van der Waals surface area (Å²) in [5.74, 6) is -0.393.